The van der Waals surface area contributed by atoms with Crippen LogP contribution >= 0.6 is 0 Å². The van der Waals surface area contributed by atoms with Crippen molar-refractivity contribution in [3.63, 3.8) is 0 Å². The number of hydrogen-bond acceptors (Lipinski definition) is 9. The first kappa shape index (κ1) is 31.9. The molecule has 5 rings (SSSR count). The van der Waals surface area contributed by atoms with Crippen molar-refractivity contribution in [3.05, 3.63) is 48.0 Å². The van der Waals surface area contributed by atoms with Gasteiger partial charge in [-0.3, -0.25) is 9.69 Å². The van der Waals surface area contributed by atoms with E-state index in [1.165, 1.54) is 4.85 Å². The second-order valence-corrected chi connectivity index (χ2v) is 10.2. The topological polar surface area (TPSA) is 136 Å². The lowest BCUT2D eigenvalue weighted by molar-refractivity contribution is -0.192. The van der Waals surface area contributed by atoms with Crippen molar-refractivity contribution in [2.45, 2.75) is 44.1 Å². The fourth-order valence-corrected chi connectivity index (χ4v) is 4.83. The minimum absolute atomic E-state index is 0.0274. The number of para-hydroxylation sites is 1. The molecule has 11 nitrogen and oxygen atoms in total. The molecule has 2 aliphatic rings. The number of likely N-dealkylation sites (tertiary alicyclic amines) is 1. The number of carboxylic acid groups (broad SMARTS) is 1. The molecular formula is C28H32F4N4O7. The number of nitrogens with zero attached hydrogens (tertiary/aromatic N) is 4. The number of Topliss-reactive ketones (excluding diaryl/α,β-unsaturated/α-hetero) is 1. The molecule has 3 heterocycles. The molecule has 2 aromatic carbocycles. The van der Waals surface area contributed by atoms with Crippen LogP contribution in [0.1, 0.15) is 37.4 Å². The molecule has 0 unspecified atom stereocenters. The van der Waals surface area contributed by atoms with Crippen LogP contribution in [0, 0.1) is 5.92 Å². The van der Waals surface area contributed by atoms with Gasteiger partial charge in [-0.2, -0.15) is 13.2 Å². The van der Waals surface area contributed by atoms with E-state index < -0.39 is 24.4 Å². The first-order chi connectivity index (χ1) is 20.5. The van der Waals surface area contributed by atoms with Crippen molar-refractivity contribution < 1.29 is 51.7 Å². The van der Waals surface area contributed by atoms with E-state index in [4.69, 9.17) is 24.2 Å². The Morgan fingerprint density at radius 3 is 2.53 bits per heavy atom. The summed E-state index contributed by atoms with van der Waals surface area (Å²) in [5.41, 5.74) is 2.17. The van der Waals surface area contributed by atoms with Crippen molar-refractivity contribution in [3.8, 4) is 11.5 Å². The molecular weight excluding hydrogens is 580 g/mol. The van der Waals surface area contributed by atoms with E-state index in [0.29, 0.717) is 75.8 Å². The molecule has 2 N–H and O–H groups in total. The van der Waals surface area contributed by atoms with Crippen LogP contribution in [-0.4, -0.2) is 93.8 Å². The number of benzene rings is 2. The predicted molar refractivity (Wildman–Crippen MR) is 143 cm³/mol. The number of carbonyl (C=O) groups is 2. The second-order valence-electron chi connectivity index (χ2n) is 10.2. The summed E-state index contributed by atoms with van der Waals surface area (Å²) in [6.45, 7) is 2.65. The van der Waals surface area contributed by atoms with Crippen LogP contribution in [0.25, 0.3) is 11.0 Å². The highest BCUT2D eigenvalue weighted by Gasteiger charge is 2.38. The fraction of sp³-hybridized carbons (Fsp3) is 0.500. The summed E-state index contributed by atoms with van der Waals surface area (Å²) in [4.78, 5) is 30.8. The van der Waals surface area contributed by atoms with Crippen molar-refractivity contribution in [1.29, 1.82) is 0 Å². The number of ketones is 1. The number of carboxylic acids is 1. The smallest absolute Gasteiger partial charge is 0.486 e. The third kappa shape index (κ3) is 9.00. The van der Waals surface area contributed by atoms with Crippen LogP contribution in [0.3, 0.4) is 0 Å². The van der Waals surface area contributed by atoms with Gasteiger partial charge < -0.3 is 24.5 Å². The molecule has 0 aliphatic carbocycles. The molecule has 3 atom stereocenters. The van der Waals surface area contributed by atoms with Gasteiger partial charge in [0, 0.05) is 38.4 Å². The van der Waals surface area contributed by atoms with Crippen LogP contribution in [0.2, 0.25) is 0 Å². The molecule has 0 radical (unpaired) electrons. The number of aliphatic hydroxyl groups is 1. The normalized spacial score (nSPS) is 18.0. The Labute approximate surface area is 243 Å². The van der Waals surface area contributed by atoms with Gasteiger partial charge in [-0.25, -0.2) is 9.18 Å². The van der Waals surface area contributed by atoms with Crippen LogP contribution in [0.5, 0.6) is 11.5 Å². The fourth-order valence-electron chi connectivity index (χ4n) is 4.83. The van der Waals surface area contributed by atoms with Gasteiger partial charge in [-0.15, -0.1) is 5.10 Å². The summed E-state index contributed by atoms with van der Waals surface area (Å²) >= 11 is 0. The Morgan fingerprint density at radius 1 is 1.12 bits per heavy atom. The minimum atomic E-state index is -5.08. The molecule has 1 saturated heterocycles. The van der Waals surface area contributed by atoms with E-state index in [-0.39, 0.29) is 18.1 Å². The first-order valence-electron chi connectivity index (χ1n) is 13.7. The highest BCUT2D eigenvalue weighted by Crippen LogP contribution is 2.36. The summed E-state index contributed by atoms with van der Waals surface area (Å²) in [6.07, 6.45) is -5.34. The Hall–Kier alpha value is -3.98. The Kier molecular flexibility index (Phi) is 10.7. The highest BCUT2D eigenvalue weighted by atomic mass is 19.4. The Morgan fingerprint density at radius 2 is 1.84 bits per heavy atom. The lowest BCUT2D eigenvalue weighted by Gasteiger charge is -2.28. The zero-order valence-corrected chi connectivity index (χ0v) is 23.1. The van der Waals surface area contributed by atoms with Crippen LogP contribution in [0.15, 0.2) is 42.5 Å². The summed E-state index contributed by atoms with van der Waals surface area (Å²) < 4.78 is 56.8. The van der Waals surface area contributed by atoms with Crippen molar-refractivity contribution in [1.82, 2.24) is 20.1 Å². The predicted octanol–water partition coefficient (Wildman–Crippen LogP) is 3.40. The van der Waals surface area contributed by atoms with E-state index in [0.717, 1.165) is 11.0 Å². The van der Waals surface area contributed by atoms with E-state index >= 15 is 0 Å². The molecule has 43 heavy (non-hydrogen) atoms. The number of rotatable bonds is 11. The van der Waals surface area contributed by atoms with E-state index in [9.17, 15) is 27.5 Å². The molecule has 234 valence electrons. The number of aromatic nitrogens is 3. The molecule has 2 aliphatic heterocycles. The maximum atomic E-state index is 13.8. The van der Waals surface area contributed by atoms with Gasteiger partial charge in [0.2, 0.25) is 0 Å². The summed E-state index contributed by atoms with van der Waals surface area (Å²) in [7, 11) is 0. The van der Waals surface area contributed by atoms with E-state index in [1.54, 1.807) is 18.2 Å². The van der Waals surface area contributed by atoms with Gasteiger partial charge in [0.25, 0.3) is 0 Å². The third-order valence-corrected chi connectivity index (χ3v) is 6.93. The molecule has 0 bridgehead atoms. The standard InChI is InChI=1S/C26H31FN4O5.C2HF3O2/c27-20-9-10-30(17-20)16-19(26(33)18-7-8-24-25(15-18)35-13-12-34-24)14-21(32)4-3-11-36-31-23-6-2-1-5-22(23)28-29-31;3-2(4,5)1(6)7/h1-2,5-8,15,19-20,26,33H,3-4,9-14,16-17H2;(H,6,7)/t19-,20-,26-;/m1./s1. The van der Waals surface area contributed by atoms with Gasteiger partial charge >= 0.3 is 12.1 Å². The quantitative estimate of drug-likeness (QED) is 0.245. The Bertz CT molecular complexity index is 1390. The van der Waals surface area contributed by atoms with Crippen LogP contribution in [-0.2, 0) is 9.59 Å². The first-order valence-corrected chi connectivity index (χ1v) is 13.7. The molecule has 0 spiro atoms. The Balaban J connectivity index is 0.000000541. The average molecular weight is 613 g/mol. The molecule has 15 heteroatoms. The summed E-state index contributed by atoms with van der Waals surface area (Å²) in [5, 5.41) is 26.4. The van der Waals surface area contributed by atoms with Crippen molar-refractivity contribution in [2.75, 3.05) is 39.5 Å². The van der Waals surface area contributed by atoms with Gasteiger partial charge in [0.1, 0.15) is 42.8 Å². The number of halogens is 4. The molecule has 0 amide bonds. The SMILES string of the molecule is O=C(CCCOn1nnc2ccccc21)C[C@H](CN1CC[C@@H](F)C1)[C@H](O)c1ccc2c(c1)OCCO2.O=C(O)C(F)(F)F. The van der Waals surface area contributed by atoms with Gasteiger partial charge in [0.15, 0.2) is 11.5 Å². The van der Waals surface area contributed by atoms with Gasteiger partial charge in [-0.1, -0.05) is 23.0 Å². The summed E-state index contributed by atoms with van der Waals surface area (Å²) in [5.74, 6) is -1.87. The molecule has 1 fully saturated rings. The molecule has 1 aromatic heterocycles. The number of aliphatic carboxylic acids is 1. The zero-order valence-electron chi connectivity index (χ0n) is 23.1. The number of fused-ring (bicyclic) bond motifs is 2. The largest absolute Gasteiger partial charge is 0.490 e. The maximum Gasteiger partial charge on any atom is 0.490 e. The van der Waals surface area contributed by atoms with Gasteiger partial charge in [0.05, 0.1) is 6.10 Å². The highest BCUT2D eigenvalue weighted by molar-refractivity contribution is 5.78. The number of alkyl halides is 4. The number of carbonyl (C=O) groups excluding carboxylic acids is 1. The summed E-state index contributed by atoms with van der Waals surface area (Å²) in [6, 6.07) is 12.8. The van der Waals surface area contributed by atoms with E-state index in [1.807, 2.05) is 29.2 Å². The second kappa shape index (κ2) is 14.5. The number of aliphatic hydroxyl groups excluding tert-OH is 1. The third-order valence-electron chi connectivity index (χ3n) is 6.93. The number of ether oxygens (including phenoxy) is 2. The van der Waals surface area contributed by atoms with Gasteiger partial charge in [-0.05, 0) is 47.9 Å². The lowest BCUT2D eigenvalue weighted by atomic mass is 9.89. The van der Waals surface area contributed by atoms with Crippen LogP contribution in [0.4, 0.5) is 17.6 Å². The zero-order chi connectivity index (χ0) is 31.0. The van der Waals surface area contributed by atoms with Crippen molar-refractivity contribution in [2.24, 2.45) is 5.92 Å². The monoisotopic (exact) mass is 612 g/mol. The average Bonchev–Trinajstić information content (AvgIpc) is 3.59. The lowest BCUT2D eigenvalue weighted by Crippen LogP contribution is -2.32. The van der Waals surface area contributed by atoms with Crippen LogP contribution < -0.4 is 14.3 Å². The molecule has 3 aromatic rings. The minimum Gasteiger partial charge on any atom is -0.486 e. The van der Waals surface area contributed by atoms with E-state index in [2.05, 4.69) is 10.3 Å². The number of hydrogen-bond donors (Lipinski definition) is 2. The maximum absolute atomic E-state index is 13.8. The molecule has 0 saturated carbocycles. The van der Waals surface area contributed by atoms with Crippen molar-refractivity contribution >= 4 is 22.8 Å².